The van der Waals surface area contributed by atoms with E-state index in [1.54, 1.807) is 41.5 Å². The summed E-state index contributed by atoms with van der Waals surface area (Å²) in [5, 5.41) is 20.4. The Morgan fingerprint density at radius 2 is 0.966 bits per heavy atom. The van der Waals surface area contributed by atoms with Crippen molar-refractivity contribution in [3.63, 3.8) is 0 Å². The highest BCUT2D eigenvalue weighted by atomic mass is 16.7. The highest BCUT2D eigenvalue weighted by molar-refractivity contribution is 5.99. The summed E-state index contributed by atoms with van der Waals surface area (Å²) in [5.41, 5.74) is 0. The zero-order chi connectivity index (χ0) is 68.5. The quantitative estimate of drug-likeness (QED) is 0.148. The maximum absolute atomic E-state index is 15.4. The van der Waals surface area contributed by atoms with E-state index in [1.165, 1.54) is 87.7 Å². The predicted octanol–water partition coefficient (Wildman–Crippen LogP) is 2.55. The average molecular weight is 1260 g/mol. The lowest BCUT2D eigenvalue weighted by Gasteiger charge is -2.41. The Balaban J connectivity index is 2.99. The largest absolute Gasteiger partial charge is 0.481 e. The van der Waals surface area contributed by atoms with E-state index in [2.05, 4.69) is 21.3 Å². The zero-order valence-corrected chi connectivity index (χ0v) is 57.6. The van der Waals surface area contributed by atoms with E-state index in [-0.39, 0.29) is 75.2 Å². The first-order valence-corrected chi connectivity index (χ1v) is 31.7. The summed E-state index contributed by atoms with van der Waals surface area (Å²) in [6, 6.07) is -12.4. The van der Waals surface area contributed by atoms with Crippen LogP contribution in [0.15, 0.2) is 0 Å². The fourth-order valence-electron chi connectivity index (χ4n) is 11.4. The van der Waals surface area contributed by atoms with Crippen molar-refractivity contribution in [3.8, 4) is 0 Å². The van der Waals surface area contributed by atoms with Crippen LogP contribution in [0.2, 0.25) is 0 Å². The van der Waals surface area contributed by atoms with Crippen molar-refractivity contribution in [3.05, 3.63) is 0 Å². The number of carbonyl (C=O) groups is 12. The molecule has 0 saturated carbocycles. The van der Waals surface area contributed by atoms with Gasteiger partial charge in [0.05, 0.1) is 25.7 Å². The fourth-order valence-corrected chi connectivity index (χ4v) is 11.4. The monoisotopic (exact) mass is 1260 g/mol. The van der Waals surface area contributed by atoms with E-state index < -0.39 is 168 Å². The van der Waals surface area contributed by atoms with E-state index in [0.29, 0.717) is 0 Å². The summed E-state index contributed by atoms with van der Waals surface area (Å²) in [6.45, 7) is 27.2. The first-order chi connectivity index (χ1) is 41.1. The van der Waals surface area contributed by atoms with Crippen LogP contribution < -0.4 is 21.3 Å². The normalized spacial score (nSPS) is 28.8. The molecule has 2 heterocycles. The van der Waals surface area contributed by atoms with Gasteiger partial charge in [-0.15, -0.1) is 0 Å². The molecule has 26 heteroatoms. The van der Waals surface area contributed by atoms with Crippen molar-refractivity contribution >= 4 is 70.9 Å². The molecule has 89 heavy (non-hydrogen) atoms. The van der Waals surface area contributed by atoms with Crippen LogP contribution in [-0.2, 0) is 67.0 Å². The van der Waals surface area contributed by atoms with Crippen molar-refractivity contribution < 1.29 is 72.1 Å². The number of amides is 11. The number of rotatable bonds is 16. The molecule has 1 unspecified atom stereocenters. The minimum Gasteiger partial charge on any atom is -0.481 e. The number of carboxylic acid groups (broad SMARTS) is 1. The van der Waals surface area contributed by atoms with Gasteiger partial charge < -0.3 is 70.1 Å². The van der Waals surface area contributed by atoms with Gasteiger partial charge in [-0.05, 0) is 87.4 Å². The molecule has 2 aliphatic rings. The molecule has 5 N–H and O–H groups in total. The van der Waals surface area contributed by atoms with Crippen molar-refractivity contribution in [1.29, 1.82) is 0 Å². The maximum atomic E-state index is 15.4. The molecule has 0 aromatic heterocycles. The van der Waals surface area contributed by atoms with Crippen LogP contribution in [0.3, 0.4) is 0 Å². The van der Waals surface area contributed by atoms with Gasteiger partial charge in [-0.2, -0.15) is 0 Å². The summed E-state index contributed by atoms with van der Waals surface area (Å²) in [7, 11) is 9.90. The molecule has 2 saturated heterocycles. The third kappa shape index (κ3) is 21.9. The van der Waals surface area contributed by atoms with Crippen molar-refractivity contribution in [2.75, 3.05) is 62.5 Å². The van der Waals surface area contributed by atoms with Crippen LogP contribution in [0.1, 0.15) is 156 Å². The number of carboxylic acids is 1. The Morgan fingerprint density at radius 3 is 1.44 bits per heavy atom. The minimum atomic E-state index is -1.50. The van der Waals surface area contributed by atoms with Crippen molar-refractivity contribution in [2.24, 2.45) is 41.4 Å². The summed E-state index contributed by atoms with van der Waals surface area (Å²) >= 11 is 0. The van der Waals surface area contributed by atoms with Gasteiger partial charge in [-0.3, -0.25) is 57.5 Å². The third-order valence-electron chi connectivity index (χ3n) is 16.8. The molecule has 2 fully saturated rings. The van der Waals surface area contributed by atoms with Gasteiger partial charge in [0.2, 0.25) is 65.0 Å². The first-order valence-electron chi connectivity index (χ1n) is 31.7. The highest BCUT2D eigenvalue weighted by Gasteiger charge is 2.49. The molecule has 13 atom stereocenters. The molecule has 0 aromatic carbocycles. The number of ether oxygens (including phenoxy) is 2. The lowest BCUT2D eigenvalue weighted by molar-refractivity contribution is -0.168. The van der Waals surface area contributed by atoms with Gasteiger partial charge in [0.25, 0.3) is 0 Å². The minimum absolute atomic E-state index is 0.00678. The predicted molar refractivity (Wildman–Crippen MR) is 334 cm³/mol. The third-order valence-corrected chi connectivity index (χ3v) is 16.8. The van der Waals surface area contributed by atoms with Crippen molar-refractivity contribution in [1.82, 2.24) is 55.6 Å². The Bertz CT molecular complexity index is 2470. The summed E-state index contributed by atoms with van der Waals surface area (Å²) in [6.07, 6.45) is -1.67. The van der Waals surface area contributed by atoms with Crippen LogP contribution in [-0.4, -0.2) is 246 Å². The first kappa shape index (κ1) is 78.7. The van der Waals surface area contributed by atoms with Gasteiger partial charge in [-0.1, -0.05) is 96.9 Å². The van der Waals surface area contributed by atoms with Crippen molar-refractivity contribution in [2.45, 2.75) is 229 Å². The van der Waals surface area contributed by atoms with Crippen LogP contribution in [0.25, 0.3) is 0 Å². The number of carbonyl (C=O) groups excluding carboxylic acids is 11. The molecule has 0 radical (unpaired) electrons. The highest BCUT2D eigenvalue weighted by Crippen LogP contribution is 2.33. The Morgan fingerprint density at radius 1 is 0.517 bits per heavy atom. The second kappa shape index (κ2) is 35.2. The van der Waals surface area contributed by atoms with E-state index in [9.17, 15) is 43.5 Å². The number of nitrogens with zero attached hydrogens (tertiary/aromatic N) is 7. The molecule has 0 aromatic rings. The molecule has 11 amide bonds. The molecule has 0 aliphatic carbocycles. The van der Waals surface area contributed by atoms with Crippen LogP contribution in [0.5, 0.6) is 0 Å². The number of hydrogen-bond acceptors (Lipinski definition) is 14. The molecule has 0 spiro atoms. The van der Waals surface area contributed by atoms with Crippen LogP contribution in [0.4, 0.5) is 0 Å². The molecular formula is C63H111N11O15. The van der Waals surface area contributed by atoms with Gasteiger partial charge >= 0.3 is 5.97 Å². The summed E-state index contributed by atoms with van der Waals surface area (Å²) < 4.78 is 12.1. The van der Waals surface area contributed by atoms with Gasteiger partial charge in [0.15, 0.2) is 6.29 Å². The Hall–Kier alpha value is -6.44. The lowest BCUT2D eigenvalue weighted by Crippen LogP contribution is -2.63. The van der Waals surface area contributed by atoms with Gasteiger partial charge in [-0.25, -0.2) is 0 Å². The van der Waals surface area contributed by atoms with E-state index >= 15 is 19.2 Å². The van der Waals surface area contributed by atoms with Gasteiger partial charge in [0.1, 0.15) is 60.4 Å². The molecule has 26 nitrogen and oxygen atoms in total. The molecule has 2 aliphatic heterocycles. The molecule has 508 valence electrons. The maximum Gasteiger partial charge on any atom is 0.305 e. The number of likely N-dealkylation sites (N-methyl/N-ethyl adjacent to an activating group) is 7. The van der Waals surface area contributed by atoms with E-state index in [4.69, 9.17) is 9.47 Å². The SMILES string of the molecule is CC[C@@H]1NC(=O)[C@H]([C@@H]2OC(OCCC(=O)O)C[C@H]2C)N(C)C(=O)[C@H](C(C)C)N(C)C(=O)[C@H](CC(C)C)N(C)C(=O)[C@H](CC(C)C)N(C)C(=O)[C@@H](C)NC(=O)[C@H](C)NC(=O)[C@H](CC(C)C)N(C)C(=O)[C@H](C(C)C)NC(=O)[C@H](CC(C)C)N(C)C(=O)CN(C)C1=O. The summed E-state index contributed by atoms with van der Waals surface area (Å²) in [5.74, 6) is -10.9. The van der Waals surface area contributed by atoms with Crippen LogP contribution >= 0.6 is 0 Å². The van der Waals surface area contributed by atoms with Crippen LogP contribution in [0, 0.1) is 41.4 Å². The van der Waals surface area contributed by atoms with Gasteiger partial charge in [0, 0.05) is 55.8 Å². The summed E-state index contributed by atoms with van der Waals surface area (Å²) in [4.78, 5) is 181. The number of nitrogens with one attached hydrogen (secondary N) is 4. The molecule has 0 bridgehead atoms. The Kier molecular flexibility index (Phi) is 31.1. The van der Waals surface area contributed by atoms with E-state index in [1.807, 2.05) is 55.4 Å². The topological polar surface area (TPSA) is 314 Å². The zero-order valence-electron chi connectivity index (χ0n) is 57.6. The number of hydrogen-bond donors (Lipinski definition) is 5. The number of aliphatic carboxylic acids is 1. The smallest absolute Gasteiger partial charge is 0.305 e. The molecule has 2 rings (SSSR count). The average Bonchev–Trinajstić information content (AvgIpc) is 1.86. The second-order valence-electron chi connectivity index (χ2n) is 27.1. The van der Waals surface area contributed by atoms with E-state index in [0.717, 1.165) is 9.80 Å². The lowest BCUT2D eigenvalue weighted by atomic mass is 9.93. The standard InChI is InChI=1S/C63H111N11O15/c1-24-42-59(83)68(17)32-47(75)69(18)43(27-33(2)3)56(80)67-50(37(10)11)62(86)70(19)44(28-34(4)5)55(79)64-40(15)54(78)65-41(16)58(82)71(20)45(29-35(6)7)60(84)72(21)46(30-36(8)9)61(85)73(22)51(38(12)13)63(87)74(23)52(57(81)66-42)53-39(14)31-49(89-53)88-26-25-48(76)77/h33-46,49-53H,24-32H2,1-23H3,(H,64,79)(H,65,78)(H,66,81)(H,67,80)(H,76,77)/t39-,40+,41-,42+,43+,44+,45+,46+,49?,50+,51+,52+,53-/m1/s1. The fraction of sp³-hybridized carbons (Fsp3) is 0.810. The second-order valence-corrected chi connectivity index (χ2v) is 27.1. The molecular weight excluding hydrogens is 1150 g/mol. The Labute approximate surface area is 529 Å².